The zero-order chi connectivity index (χ0) is 15.3. The van der Waals surface area contributed by atoms with Gasteiger partial charge in [-0.2, -0.15) is 18.2 Å². The molecular weight excluding hydrogens is 283 g/mol. The van der Waals surface area contributed by atoms with Crippen molar-refractivity contribution in [2.45, 2.75) is 38.5 Å². The molecule has 0 fully saturated rings. The smallest absolute Gasteiger partial charge is 0.338 e. The summed E-state index contributed by atoms with van der Waals surface area (Å²) in [6, 6.07) is 8.93. The van der Waals surface area contributed by atoms with Gasteiger partial charge in [0.15, 0.2) is 5.82 Å². The lowest BCUT2D eigenvalue weighted by molar-refractivity contribution is -0.139. The van der Waals surface area contributed by atoms with E-state index >= 15 is 0 Å². The maximum absolute atomic E-state index is 12.2. The zero-order valence-electron chi connectivity index (χ0n) is 11.5. The quantitative estimate of drug-likeness (QED) is 0.890. The number of halogens is 3. The number of hydrogen-bond acceptors (Lipinski definition) is 4. The maximum atomic E-state index is 12.2. The van der Waals surface area contributed by atoms with Gasteiger partial charge in [0.25, 0.3) is 0 Å². The van der Waals surface area contributed by atoms with Crippen molar-refractivity contribution in [1.29, 1.82) is 0 Å². The highest BCUT2D eigenvalue weighted by molar-refractivity contribution is 5.18. The van der Waals surface area contributed by atoms with Crippen LogP contribution >= 0.6 is 0 Å². The highest BCUT2D eigenvalue weighted by Crippen LogP contribution is 2.21. The molecule has 4 nitrogen and oxygen atoms in total. The predicted octanol–water partition coefficient (Wildman–Crippen LogP) is 3.09. The van der Waals surface area contributed by atoms with Gasteiger partial charge in [-0.05, 0) is 12.5 Å². The summed E-state index contributed by atoms with van der Waals surface area (Å²) in [6.45, 7) is 1.59. The van der Waals surface area contributed by atoms with Crippen molar-refractivity contribution in [1.82, 2.24) is 15.5 Å². The van der Waals surface area contributed by atoms with Crippen molar-refractivity contribution >= 4 is 0 Å². The summed E-state index contributed by atoms with van der Waals surface area (Å²) in [7, 11) is 0. The van der Waals surface area contributed by atoms with Gasteiger partial charge in [-0.3, -0.25) is 0 Å². The van der Waals surface area contributed by atoms with Crippen molar-refractivity contribution in [3.05, 3.63) is 47.6 Å². The summed E-state index contributed by atoms with van der Waals surface area (Å²) in [5.74, 6) is 0.802. The van der Waals surface area contributed by atoms with Crippen LogP contribution in [0.25, 0.3) is 0 Å². The molecule has 0 aliphatic carbocycles. The summed E-state index contributed by atoms with van der Waals surface area (Å²) in [4.78, 5) is 4.15. The molecule has 2 rings (SSSR count). The second kappa shape index (κ2) is 6.71. The monoisotopic (exact) mass is 299 g/mol. The SMILES string of the molecule is CC(CC(F)(F)F)NCc1nc(Cc2ccccc2)no1. The molecule has 0 saturated heterocycles. The first-order chi connectivity index (χ1) is 9.92. The van der Waals surface area contributed by atoms with Gasteiger partial charge in [0.05, 0.1) is 13.0 Å². The first kappa shape index (κ1) is 15.5. The van der Waals surface area contributed by atoms with Gasteiger partial charge in [0, 0.05) is 12.5 Å². The second-order valence-corrected chi connectivity index (χ2v) is 4.87. The highest BCUT2D eigenvalue weighted by Gasteiger charge is 2.29. The summed E-state index contributed by atoms with van der Waals surface area (Å²) >= 11 is 0. The molecule has 0 spiro atoms. The van der Waals surface area contributed by atoms with Crippen molar-refractivity contribution in [2.24, 2.45) is 0 Å². The molecule has 1 aromatic heterocycles. The van der Waals surface area contributed by atoms with Crippen LogP contribution in [0.1, 0.15) is 30.6 Å². The molecule has 1 N–H and O–H groups in total. The topological polar surface area (TPSA) is 51.0 Å². The first-order valence-corrected chi connectivity index (χ1v) is 6.58. The third-order valence-corrected chi connectivity index (χ3v) is 2.85. The number of alkyl halides is 3. The van der Waals surface area contributed by atoms with E-state index in [0.717, 1.165) is 5.56 Å². The Morgan fingerprint density at radius 2 is 1.95 bits per heavy atom. The zero-order valence-corrected chi connectivity index (χ0v) is 11.5. The van der Waals surface area contributed by atoms with E-state index in [4.69, 9.17) is 4.52 Å². The molecule has 0 amide bonds. The Kier molecular flexibility index (Phi) is 4.95. The van der Waals surface area contributed by atoms with E-state index < -0.39 is 18.6 Å². The largest absolute Gasteiger partial charge is 0.390 e. The minimum absolute atomic E-state index is 0.124. The van der Waals surface area contributed by atoms with E-state index in [1.165, 1.54) is 6.92 Å². The van der Waals surface area contributed by atoms with Crippen LogP contribution in [0.5, 0.6) is 0 Å². The standard InChI is InChI=1S/C14H16F3N3O/c1-10(8-14(15,16)17)18-9-13-19-12(20-21-13)7-11-5-3-2-4-6-11/h2-6,10,18H,7-9H2,1H3. The second-order valence-electron chi connectivity index (χ2n) is 4.87. The number of aromatic nitrogens is 2. The fourth-order valence-corrected chi connectivity index (χ4v) is 1.89. The fourth-order valence-electron chi connectivity index (χ4n) is 1.89. The Morgan fingerprint density at radius 1 is 1.24 bits per heavy atom. The van der Waals surface area contributed by atoms with Crippen molar-refractivity contribution in [3.63, 3.8) is 0 Å². The lowest BCUT2D eigenvalue weighted by Gasteiger charge is -2.14. The summed E-state index contributed by atoms with van der Waals surface area (Å²) in [6.07, 6.45) is -4.54. The molecule has 0 aliphatic rings. The Bertz CT molecular complexity index is 554. The van der Waals surface area contributed by atoms with E-state index in [0.29, 0.717) is 12.2 Å². The van der Waals surface area contributed by atoms with Crippen molar-refractivity contribution in [2.75, 3.05) is 0 Å². The third-order valence-electron chi connectivity index (χ3n) is 2.85. The number of hydrogen-bond donors (Lipinski definition) is 1. The highest BCUT2D eigenvalue weighted by atomic mass is 19.4. The van der Waals surface area contributed by atoms with Crippen LogP contribution in [0.15, 0.2) is 34.9 Å². The molecular formula is C14H16F3N3O. The van der Waals surface area contributed by atoms with E-state index in [2.05, 4.69) is 15.5 Å². The maximum Gasteiger partial charge on any atom is 0.390 e. The molecule has 1 heterocycles. The molecule has 1 aromatic carbocycles. The number of rotatable bonds is 6. The normalized spacial score (nSPS) is 13.3. The van der Waals surface area contributed by atoms with E-state index in [9.17, 15) is 13.2 Å². The molecule has 1 atom stereocenters. The lowest BCUT2D eigenvalue weighted by atomic mass is 10.1. The Balaban J connectivity index is 1.83. The molecule has 21 heavy (non-hydrogen) atoms. The summed E-state index contributed by atoms with van der Waals surface area (Å²) in [5.41, 5.74) is 1.04. The molecule has 2 aromatic rings. The predicted molar refractivity (Wildman–Crippen MR) is 70.5 cm³/mol. The van der Waals surface area contributed by atoms with Gasteiger partial charge in [-0.15, -0.1) is 0 Å². The van der Waals surface area contributed by atoms with Crippen LogP contribution in [-0.4, -0.2) is 22.4 Å². The number of nitrogens with one attached hydrogen (secondary N) is 1. The van der Waals surface area contributed by atoms with Gasteiger partial charge < -0.3 is 9.84 Å². The van der Waals surface area contributed by atoms with E-state index in [-0.39, 0.29) is 12.4 Å². The van der Waals surface area contributed by atoms with Gasteiger partial charge in [-0.1, -0.05) is 35.5 Å². The molecule has 1 unspecified atom stereocenters. The molecule has 0 aliphatic heterocycles. The minimum atomic E-state index is -4.18. The Labute approximate surface area is 120 Å². The van der Waals surface area contributed by atoms with Gasteiger partial charge in [-0.25, -0.2) is 0 Å². The Hall–Kier alpha value is -1.89. The fraction of sp³-hybridized carbons (Fsp3) is 0.429. The van der Waals surface area contributed by atoms with E-state index in [1.807, 2.05) is 30.3 Å². The van der Waals surface area contributed by atoms with Gasteiger partial charge in [0.2, 0.25) is 5.89 Å². The molecule has 0 bridgehead atoms. The lowest BCUT2D eigenvalue weighted by Crippen LogP contribution is -2.30. The van der Waals surface area contributed by atoms with Crippen LogP contribution in [0.3, 0.4) is 0 Å². The molecule has 0 radical (unpaired) electrons. The Morgan fingerprint density at radius 3 is 2.62 bits per heavy atom. The van der Waals surface area contributed by atoms with Crippen molar-refractivity contribution < 1.29 is 17.7 Å². The van der Waals surface area contributed by atoms with Crippen LogP contribution in [0, 0.1) is 0 Å². The third kappa shape index (κ3) is 5.55. The average molecular weight is 299 g/mol. The molecule has 0 saturated carbocycles. The summed E-state index contributed by atoms with van der Waals surface area (Å²) < 4.78 is 41.6. The van der Waals surface area contributed by atoms with Crippen LogP contribution < -0.4 is 5.32 Å². The van der Waals surface area contributed by atoms with Crippen LogP contribution in [-0.2, 0) is 13.0 Å². The van der Waals surface area contributed by atoms with Gasteiger partial charge >= 0.3 is 6.18 Å². The molecule has 7 heteroatoms. The number of nitrogens with zero attached hydrogens (tertiary/aromatic N) is 2. The first-order valence-electron chi connectivity index (χ1n) is 6.58. The summed E-state index contributed by atoms with van der Waals surface area (Å²) in [5, 5.41) is 6.53. The molecule has 114 valence electrons. The van der Waals surface area contributed by atoms with Crippen molar-refractivity contribution in [3.8, 4) is 0 Å². The number of benzene rings is 1. The van der Waals surface area contributed by atoms with Crippen LogP contribution in [0.4, 0.5) is 13.2 Å². The van der Waals surface area contributed by atoms with Gasteiger partial charge in [0.1, 0.15) is 0 Å². The van der Waals surface area contributed by atoms with Crippen LogP contribution in [0.2, 0.25) is 0 Å². The minimum Gasteiger partial charge on any atom is -0.338 e. The average Bonchev–Trinajstić information content (AvgIpc) is 2.83. The van der Waals surface area contributed by atoms with E-state index in [1.54, 1.807) is 0 Å².